The molecule has 0 spiro atoms. The van der Waals surface area contributed by atoms with Crippen molar-refractivity contribution in [3.8, 4) is 0 Å². The molecule has 0 aliphatic carbocycles. The van der Waals surface area contributed by atoms with Gasteiger partial charge in [-0.3, -0.25) is 0 Å². The maximum atomic E-state index is 11.2. The summed E-state index contributed by atoms with van der Waals surface area (Å²) in [6.45, 7) is 0.270. The third-order valence-electron chi connectivity index (χ3n) is 2.60. The number of hydrogen-bond donors (Lipinski definition) is 2. The fourth-order valence-electron chi connectivity index (χ4n) is 1.86. The first-order valence-corrected chi connectivity index (χ1v) is 6.44. The number of sulfonamides is 1. The van der Waals surface area contributed by atoms with Crippen molar-refractivity contribution in [2.45, 2.75) is 5.92 Å². The molecule has 1 unspecified atom stereocenters. The molecule has 2 rings (SSSR count). The Morgan fingerprint density at radius 1 is 1.38 bits per heavy atom. The third kappa shape index (κ3) is 2.07. The summed E-state index contributed by atoms with van der Waals surface area (Å²) < 4.78 is 24.9. The first kappa shape index (κ1) is 11.1. The van der Waals surface area contributed by atoms with Crippen LogP contribution in [0.2, 0.25) is 0 Å². The Hall–Kier alpha value is -1.40. The summed E-state index contributed by atoms with van der Waals surface area (Å²) in [4.78, 5) is 11.0. The predicted octanol–water partition coefficient (Wildman–Crippen LogP) is 0.401. The van der Waals surface area contributed by atoms with Crippen LogP contribution in [0.25, 0.3) is 0 Å². The summed E-state index contributed by atoms with van der Waals surface area (Å²) in [5.74, 6) is -1.35. The fraction of sp³-hybridized carbons (Fsp3) is 0.300. The Bertz CT molecular complexity index is 523. The van der Waals surface area contributed by atoms with Crippen LogP contribution in [0.1, 0.15) is 21.8 Å². The molecule has 1 aromatic carbocycles. The lowest BCUT2D eigenvalue weighted by molar-refractivity contribution is 0.0695. The molecule has 2 N–H and O–H groups in total. The van der Waals surface area contributed by atoms with Crippen molar-refractivity contribution >= 4 is 16.0 Å². The molecule has 86 valence electrons. The van der Waals surface area contributed by atoms with E-state index in [1.54, 1.807) is 18.2 Å². The highest BCUT2D eigenvalue weighted by Gasteiger charge is 2.30. The van der Waals surface area contributed by atoms with Crippen LogP contribution in [0.4, 0.5) is 0 Å². The van der Waals surface area contributed by atoms with Crippen LogP contribution in [0.3, 0.4) is 0 Å². The Balaban J connectivity index is 2.38. The summed E-state index contributed by atoms with van der Waals surface area (Å²) in [7, 11) is -3.23. The highest BCUT2D eigenvalue weighted by atomic mass is 32.2. The largest absolute Gasteiger partial charge is 0.478 e. The lowest BCUT2D eigenvalue weighted by Crippen LogP contribution is -2.15. The SMILES string of the molecule is O=C(O)c1ccccc1C1CNS(=O)(=O)C1. The van der Waals surface area contributed by atoms with Crippen molar-refractivity contribution in [1.29, 1.82) is 0 Å². The van der Waals surface area contributed by atoms with Crippen molar-refractivity contribution in [3.63, 3.8) is 0 Å². The van der Waals surface area contributed by atoms with Crippen LogP contribution in [-0.2, 0) is 10.0 Å². The molecule has 0 aromatic heterocycles. The van der Waals surface area contributed by atoms with Crippen molar-refractivity contribution < 1.29 is 18.3 Å². The number of hydrogen-bond acceptors (Lipinski definition) is 3. The Morgan fingerprint density at radius 3 is 2.62 bits per heavy atom. The quantitative estimate of drug-likeness (QED) is 0.785. The summed E-state index contributed by atoms with van der Waals surface area (Å²) in [5, 5.41) is 8.99. The normalized spacial score (nSPS) is 23.1. The molecule has 6 heteroatoms. The predicted molar refractivity (Wildman–Crippen MR) is 57.9 cm³/mol. The number of nitrogens with one attached hydrogen (secondary N) is 1. The van der Waals surface area contributed by atoms with Gasteiger partial charge in [-0.2, -0.15) is 0 Å². The van der Waals surface area contributed by atoms with Gasteiger partial charge < -0.3 is 5.11 Å². The van der Waals surface area contributed by atoms with E-state index in [1.807, 2.05) is 0 Å². The topological polar surface area (TPSA) is 83.5 Å². The fourth-order valence-corrected chi connectivity index (χ4v) is 3.26. The van der Waals surface area contributed by atoms with Gasteiger partial charge in [0.05, 0.1) is 11.3 Å². The van der Waals surface area contributed by atoms with Crippen LogP contribution >= 0.6 is 0 Å². The van der Waals surface area contributed by atoms with Crippen molar-refractivity contribution in [3.05, 3.63) is 35.4 Å². The summed E-state index contributed by atoms with van der Waals surface area (Å²) in [6.07, 6.45) is 0. The summed E-state index contributed by atoms with van der Waals surface area (Å²) in [6, 6.07) is 6.50. The zero-order valence-electron chi connectivity index (χ0n) is 8.38. The molecule has 5 nitrogen and oxygen atoms in total. The number of aromatic carboxylic acids is 1. The van der Waals surface area contributed by atoms with Crippen LogP contribution in [0, 0.1) is 0 Å². The van der Waals surface area contributed by atoms with E-state index in [1.165, 1.54) is 6.07 Å². The molecule has 1 atom stereocenters. The average molecular weight is 241 g/mol. The molecular weight excluding hydrogens is 230 g/mol. The highest BCUT2D eigenvalue weighted by Crippen LogP contribution is 2.24. The van der Waals surface area contributed by atoms with Crippen LogP contribution in [0.15, 0.2) is 24.3 Å². The molecule has 0 radical (unpaired) electrons. The minimum absolute atomic E-state index is 0.0444. The van der Waals surface area contributed by atoms with Gasteiger partial charge in [-0.25, -0.2) is 17.9 Å². The summed E-state index contributed by atoms with van der Waals surface area (Å²) in [5.41, 5.74) is 0.745. The molecule has 1 aliphatic rings. The molecule has 0 amide bonds. The van der Waals surface area contributed by atoms with Crippen molar-refractivity contribution in [2.75, 3.05) is 12.3 Å². The molecule has 0 saturated carbocycles. The Labute approximate surface area is 93.2 Å². The first-order valence-electron chi connectivity index (χ1n) is 4.79. The molecule has 1 heterocycles. The van der Waals surface area contributed by atoms with Crippen LogP contribution < -0.4 is 4.72 Å². The van der Waals surface area contributed by atoms with E-state index >= 15 is 0 Å². The summed E-state index contributed by atoms with van der Waals surface area (Å²) >= 11 is 0. The smallest absolute Gasteiger partial charge is 0.335 e. The molecule has 1 saturated heterocycles. The standard InChI is InChI=1S/C10H11NO4S/c12-10(13)9-4-2-1-3-8(9)7-5-11-16(14,15)6-7/h1-4,7,11H,5-6H2,(H,12,13). The van der Waals surface area contributed by atoms with Gasteiger partial charge in [0.15, 0.2) is 0 Å². The van der Waals surface area contributed by atoms with E-state index in [2.05, 4.69) is 4.72 Å². The van der Waals surface area contributed by atoms with E-state index in [-0.39, 0.29) is 23.8 Å². The maximum Gasteiger partial charge on any atom is 0.335 e. The lowest BCUT2D eigenvalue weighted by atomic mass is 9.96. The maximum absolute atomic E-state index is 11.2. The van der Waals surface area contributed by atoms with E-state index < -0.39 is 16.0 Å². The molecule has 1 fully saturated rings. The number of carboxylic acid groups (broad SMARTS) is 1. The van der Waals surface area contributed by atoms with Crippen LogP contribution in [-0.4, -0.2) is 31.8 Å². The van der Waals surface area contributed by atoms with Gasteiger partial charge in [-0.1, -0.05) is 18.2 Å². The minimum Gasteiger partial charge on any atom is -0.478 e. The second kappa shape index (κ2) is 3.88. The molecule has 1 aromatic rings. The third-order valence-corrected chi connectivity index (χ3v) is 4.05. The number of carboxylic acids is 1. The zero-order valence-corrected chi connectivity index (χ0v) is 9.20. The zero-order chi connectivity index (χ0) is 11.8. The van der Waals surface area contributed by atoms with Crippen LogP contribution in [0.5, 0.6) is 0 Å². The van der Waals surface area contributed by atoms with Gasteiger partial charge >= 0.3 is 5.97 Å². The first-order chi connectivity index (χ1) is 7.49. The molecule has 0 bridgehead atoms. The van der Waals surface area contributed by atoms with Gasteiger partial charge in [-0.05, 0) is 11.6 Å². The van der Waals surface area contributed by atoms with Gasteiger partial charge in [-0.15, -0.1) is 0 Å². The van der Waals surface area contributed by atoms with Gasteiger partial charge in [0.1, 0.15) is 0 Å². The van der Waals surface area contributed by atoms with Crippen molar-refractivity contribution in [2.24, 2.45) is 0 Å². The van der Waals surface area contributed by atoms with E-state index in [9.17, 15) is 13.2 Å². The monoisotopic (exact) mass is 241 g/mol. The Kier molecular flexibility index (Phi) is 2.69. The van der Waals surface area contributed by atoms with E-state index in [4.69, 9.17) is 5.11 Å². The molecule has 16 heavy (non-hydrogen) atoms. The average Bonchev–Trinajstić information content (AvgIpc) is 2.59. The highest BCUT2D eigenvalue weighted by molar-refractivity contribution is 7.89. The minimum atomic E-state index is -3.23. The van der Waals surface area contributed by atoms with Gasteiger partial charge in [0, 0.05) is 12.5 Å². The molecule has 1 aliphatic heterocycles. The van der Waals surface area contributed by atoms with Gasteiger partial charge in [0.2, 0.25) is 10.0 Å². The second-order valence-electron chi connectivity index (χ2n) is 3.72. The molecular formula is C10H11NO4S. The number of rotatable bonds is 2. The lowest BCUT2D eigenvalue weighted by Gasteiger charge is -2.10. The van der Waals surface area contributed by atoms with Crippen molar-refractivity contribution in [1.82, 2.24) is 4.72 Å². The van der Waals surface area contributed by atoms with Gasteiger partial charge in [0.25, 0.3) is 0 Å². The van der Waals surface area contributed by atoms with E-state index in [0.29, 0.717) is 5.56 Å². The van der Waals surface area contributed by atoms with E-state index in [0.717, 1.165) is 0 Å². The second-order valence-corrected chi connectivity index (χ2v) is 5.57. The number of benzene rings is 1. The number of carbonyl (C=O) groups is 1. The Morgan fingerprint density at radius 2 is 2.06 bits per heavy atom.